The van der Waals surface area contributed by atoms with Crippen LogP contribution in [0.25, 0.3) is 0 Å². The fourth-order valence-corrected chi connectivity index (χ4v) is 0.880. The van der Waals surface area contributed by atoms with Gasteiger partial charge in [0.25, 0.3) is 0 Å². The first kappa shape index (κ1) is 9.26. The van der Waals surface area contributed by atoms with Crippen molar-refractivity contribution in [1.29, 1.82) is 0 Å². The molecule has 58 valence electrons. The molecule has 0 saturated heterocycles. The summed E-state index contributed by atoms with van der Waals surface area (Å²) in [6, 6.07) is 3.08. The normalized spacial score (nSPS) is 11.6. The largest absolute Gasteiger partial charge is 0.405 e. The van der Waals surface area contributed by atoms with Gasteiger partial charge in [-0.3, -0.25) is 0 Å². The molecule has 0 aliphatic heterocycles. The number of hydrogen-bond acceptors (Lipinski definition) is 1. The Morgan fingerprint density at radius 2 is 1.58 bits per heavy atom. The van der Waals surface area contributed by atoms with Crippen LogP contribution >= 0.6 is 0 Å². The minimum atomic E-state index is -2.48. The van der Waals surface area contributed by atoms with E-state index >= 15 is 0 Å². The number of rotatable bonds is 1. The fourth-order valence-electron chi connectivity index (χ4n) is 0.880. The standard InChI is InChI=1S/C7H4B2F2O/c8-7(9,12)6-4(10)2-1-3-5(6)11/h1-3,12H. The molecule has 1 aromatic carbocycles. The fraction of sp³-hybridized carbons (Fsp3) is 0.143. The Balaban J connectivity index is 3.31. The SMILES string of the molecule is [B]C([B])(O)c1c(F)cccc1F. The van der Waals surface area contributed by atoms with E-state index in [-0.39, 0.29) is 0 Å². The van der Waals surface area contributed by atoms with E-state index in [1.54, 1.807) is 0 Å². The molecule has 1 nitrogen and oxygen atoms in total. The van der Waals surface area contributed by atoms with E-state index < -0.39 is 22.6 Å². The van der Waals surface area contributed by atoms with Gasteiger partial charge in [0.15, 0.2) is 0 Å². The zero-order chi connectivity index (χ0) is 9.35. The van der Waals surface area contributed by atoms with Crippen LogP contribution in [-0.4, -0.2) is 20.8 Å². The lowest BCUT2D eigenvalue weighted by Gasteiger charge is -2.19. The van der Waals surface area contributed by atoms with Crippen LogP contribution in [0.4, 0.5) is 8.78 Å². The van der Waals surface area contributed by atoms with Crippen LogP contribution in [0, 0.1) is 11.6 Å². The molecule has 0 unspecified atom stereocenters. The summed E-state index contributed by atoms with van der Waals surface area (Å²) in [6.07, 6.45) is 0. The highest BCUT2D eigenvalue weighted by atomic mass is 19.1. The van der Waals surface area contributed by atoms with Crippen LogP contribution in [0.15, 0.2) is 18.2 Å². The molecule has 0 heterocycles. The van der Waals surface area contributed by atoms with Gasteiger partial charge in [0.05, 0.1) is 0 Å². The first-order valence-corrected chi connectivity index (χ1v) is 3.17. The van der Waals surface area contributed by atoms with E-state index in [1.807, 2.05) is 0 Å². The summed E-state index contributed by atoms with van der Waals surface area (Å²) < 4.78 is 25.6. The Bertz CT molecular complexity index is 276. The van der Waals surface area contributed by atoms with Crippen molar-refractivity contribution in [3.8, 4) is 0 Å². The van der Waals surface area contributed by atoms with Crippen molar-refractivity contribution in [3.63, 3.8) is 0 Å². The zero-order valence-electron chi connectivity index (χ0n) is 6.09. The van der Waals surface area contributed by atoms with Crippen LogP contribution in [0.2, 0.25) is 0 Å². The van der Waals surface area contributed by atoms with Gasteiger partial charge in [-0.1, -0.05) is 6.07 Å². The van der Waals surface area contributed by atoms with Crippen LogP contribution < -0.4 is 0 Å². The summed E-state index contributed by atoms with van der Waals surface area (Å²) in [7, 11) is 9.82. The van der Waals surface area contributed by atoms with E-state index in [4.69, 9.17) is 20.8 Å². The van der Waals surface area contributed by atoms with Crippen molar-refractivity contribution >= 4 is 15.7 Å². The molecule has 0 amide bonds. The molecule has 0 aliphatic rings. The predicted molar refractivity (Wildman–Crippen MR) is 41.8 cm³/mol. The summed E-state index contributed by atoms with van der Waals surface area (Å²) in [6.45, 7) is 0. The van der Waals surface area contributed by atoms with Crippen molar-refractivity contribution in [2.24, 2.45) is 0 Å². The Morgan fingerprint density at radius 1 is 1.17 bits per heavy atom. The van der Waals surface area contributed by atoms with Crippen molar-refractivity contribution in [3.05, 3.63) is 35.4 Å². The number of aliphatic hydroxyl groups is 1. The monoisotopic (exact) mass is 164 g/mol. The summed E-state index contributed by atoms with van der Waals surface area (Å²) in [5.41, 5.74) is -0.731. The molecule has 1 aromatic rings. The van der Waals surface area contributed by atoms with Gasteiger partial charge in [-0.05, 0) is 12.1 Å². The van der Waals surface area contributed by atoms with Crippen molar-refractivity contribution in [2.45, 2.75) is 5.40 Å². The van der Waals surface area contributed by atoms with Gasteiger partial charge in [-0.2, -0.15) is 0 Å². The van der Waals surface area contributed by atoms with Gasteiger partial charge in [0, 0.05) is 11.0 Å². The van der Waals surface area contributed by atoms with E-state index in [0.29, 0.717) is 0 Å². The maximum Gasteiger partial charge on any atom is 0.130 e. The summed E-state index contributed by atoms with van der Waals surface area (Å²) in [5.74, 6) is -1.94. The third kappa shape index (κ3) is 1.67. The van der Waals surface area contributed by atoms with Crippen LogP contribution in [0.1, 0.15) is 5.56 Å². The Hall–Kier alpha value is -0.830. The molecule has 12 heavy (non-hydrogen) atoms. The van der Waals surface area contributed by atoms with Gasteiger partial charge in [-0.15, -0.1) is 0 Å². The molecule has 0 bridgehead atoms. The topological polar surface area (TPSA) is 20.2 Å². The van der Waals surface area contributed by atoms with E-state index in [2.05, 4.69) is 0 Å². The van der Waals surface area contributed by atoms with Crippen LogP contribution in [-0.2, 0) is 5.40 Å². The Kier molecular flexibility index (Phi) is 2.24. The molecule has 1 rings (SSSR count). The maximum absolute atomic E-state index is 12.8. The second-order valence-corrected chi connectivity index (χ2v) is 2.42. The number of hydrogen-bond donors (Lipinski definition) is 1. The molecule has 0 aromatic heterocycles. The quantitative estimate of drug-likeness (QED) is 0.595. The second-order valence-electron chi connectivity index (χ2n) is 2.42. The first-order valence-electron chi connectivity index (χ1n) is 3.17. The third-order valence-electron chi connectivity index (χ3n) is 1.36. The summed E-state index contributed by atoms with van der Waals surface area (Å²) in [4.78, 5) is 0. The van der Waals surface area contributed by atoms with Gasteiger partial charge < -0.3 is 5.11 Å². The van der Waals surface area contributed by atoms with Gasteiger partial charge in [-0.25, -0.2) is 8.78 Å². The summed E-state index contributed by atoms with van der Waals surface area (Å²) in [5, 5.41) is 6.45. The lowest BCUT2D eigenvalue weighted by molar-refractivity contribution is 0.205. The Labute approximate surface area is 71.2 Å². The molecule has 1 N–H and O–H groups in total. The third-order valence-corrected chi connectivity index (χ3v) is 1.36. The van der Waals surface area contributed by atoms with Crippen molar-refractivity contribution in [2.75, 3.05) is 0 Å². The second kappa shape index (κ2) is 2.90. The number of halogens is 2. The minimum absolute atomic E-state index is 0.731. The van der Waals surface area contributed by atoms with Gasteiger partial charge in [0.2, 0.25) is 0 Å². The molecule has 5 heteroatoms. The molecule has 0 saturated carbocycles. The van der Waals surface area contributed by atoms with Gasteiger partial charge >= 0.3 is 0 Å². The van der Waals surface area contributed by atoms with Crippen LogP contribution in [0.3, 0.4) is 0 Å². The van der Waals surface area contributed by atoms with Crippen LogP contribution in [0.5, 0.6) is 0 Å². The average molecular weight is 164 g/mol. The molecule has 4 radical (unpaired) electrons. The predicted octanol–water partition coefficient (Wildman–Crippen LogP) is 0.404. The molecule has 0 atom stereocenters. The average Bonchev–Trinajstić information content (AvgIpc) is 1.82. The number of benzene rings is 1. The maximum atomic E-state index is 12.8. The van der Waals surface area contributed by atoms with Gasteiger partial charge in [0.1, 0.15) is 27.3 Å². The molecular weight excluding hydrogens is 160 g/mol. The summed E-state index contributed by atoms with van der Waals surface area (Å²) >= 11 is 0. The van der Waals surface area contributed by atoms with Crippen molar-refractivity contribution in [1.82, 2.24) is 0 Å². The smallest absolute Gasteiger partial charge is 0.130 e. The van der Waals surface area contributed by atoms with Crippen molar-refractivity contribution < 1.29 is 13.9 Å². The molecular formula is C7H4B2F2O. The zero-order valence-corrected chi connectivity index (χ0v) is 6.09. The first-order chi connectivity index (χ1) is 5.43. The van der Waals surface area contributed by atoms with E-state index in [0.717, 1.165) is 18.2 Å². The van der Waals surface area contributed by atoms with E-state index in [1.165, 1.54) is 0 Å². The van der Waals surface area contributed by atoms with E-state index in [9.17, 15) is 8.78 Å². The highest BCUT2D eigenvalue weighted by Crippen LogP contribution is 2.20. The highest BCUT2D eigenvalue weighted by molar-refractivity contribution is 6.38. The highest BCUT2D eigenvalue weighted by Gasteiger charge is 2.23. The lowest BCUT2D eigenvalue weighted by atomic mass is 9.61. The Morgan fingerprint density at radius 3 is 1.83 bits per heavy atom. The molecule has 0 spiro atoms. The lowest BCUT2D eigenvalue weighted by Crippen LogP contribution is -2.28. The minimum Gasteiger partial charge on any atom is -0.405 e. The molecule has 0 fully saturated rings. The molecule has 0 aliphatic carbocycles.